The number of terminal acetylenes is 1. The van der Waals surface area contributed by atoms with E-state index >= 15 is 0 Å². The Morgan fingerprint density at radius 3 is 2.63 bits per heavy atom. The summed E-state index contributed by atoms with van der Waals surface area (Å²) in [5.41, 5.74) is 5.00. The molecule has 2 bridgehead atoms. The van der Waals surface area contributed by atoms with E-state index in [0.29, 0.717) is 42.7 Å². The second-order valence-electron chi connectivity index (χ2n) is 12.9. The molecule has 3 atom stereocenters. The lowest BCUT2D eigenvalue weighted by Crippen LogP contribution is -2.43. The van der Waals surface area contributed by atoms with Gasteiger partial charge in [0.05, 0.1) is 29.0 Å². The van der Waals surface area contributed by atoms with Crippen molar-refractivity contribution in [1.29, 1.82) is 0 Å². The Hall–Kier alpha value is -3.21. The second kappa shape index (κ2) is 9.96. The first-order chi connectivity index (χ1) is 20.1. The number of benzene rings is 2. The fraction of sp³-hybridized carbons (Fsp3) is 0.529. The van der Waals surface area contributed by atoms with Gasteiger partial charge in [-0.2, -0.15) is 9.97 Å². The molecule has 2 aromatic carbocycles. The number of anilines is 1. The average Bonchev–Trinajstić information content (AvgIpc) is 3.68. The van der Waals surface area contributed by atoms with E-state index < -0.39 is 0 Å². The number of halogens is 1. The van der Waals surface area contributed by atoms with Crippen LogP contribution in [0, 0.1) is 18.2 Å². The lowest BCUT2D eigenvalue weighted by Gasteiger charge is -2.35. The lowest BCUT2D eigenvalue weighted by atomic mass is 9.85. The highest BCUT2D eigenvalue weighted by molar-refractivity contribution is 5.99. The zero-order valence-corrected chi connectivity index (χ0v) is 23.7. The molecule has 0 saturated carbocycles. The molecule has 4 saturated heterocycles. The molecule has 212 valence electrons. The Bertz CT molecular complexity index is 1530. The van der Waals surface area contributed by atoms with E-state index in [0.717, 1.165) is 48.0 Å². The molecule has 5 aliphatic heterocycles. The topological polar surface area (TPSA) is 53.5 Å². The second-order valence-corrected chi connectivity index (χ2v) is 12.9. The number of nitrogens with one attached hydrogen (secondary N) is 1. The summed E-state index contributed by atoms with van der Waals surface area (Å²) in [7, 11) is 0. The number of hydrogen-bond donors (Lipinski definition) is 1. The minimum absolute atomic E-state index is 0.151. The number of fused-ring (bicyclic) bond motifs is 5. The maximum atomic E-state index is 14.8. The molecule has 0 unspecified atom stereocenters. The summed E-state index contributed by atoms with van der Waals surface area (Å²) < 4.78 is 21.3. The van der Waals surface area contributed by atoms with Crippen LogP contribution in [0.15, 0.2) is 30.3 Å². The molecule has 4 fully saturated rings. The summed E-state index contributed by atoms with van der Waals surface area (Å²) in [5.74, 6) is 2.70. The van der Waals surface area contributed by atoms with Gasteiger partial charge in [-0.25, -0.2) is 4.39 Å². The Labute approximate surface area is 241 Å². The molecule has 0 spiro atoms. The molecular formula is C34H38FN5O. The van der Waals surface area contributed by atoms with Crippen LogP contribution in [0.25, 0.3) is 10.8 Å². The standard InChI is InChI=1S/C34H38FN5O/c1-2-26-28(35)11-8-22-6-3-7-30(31(22)26)39-17-12-27-29(20-39)37-33(41-21-34-13-4-15-40(34)16-5-14-34)38-32(27)23-18-24-9-10-25(19-23)36-24/h1,3,6-8,11,23-25,36H,4-5,9-10,12-21H2/t23-,24+,25-. The highest BCUT2D eigenvalue weighted by Gasteiger charge is 2.45. The van der Waals surface area contributed by atoms with Crippen molar-refractivity contribution in [3.05, 3.63) is 58.7 Å². The quantitative estimate of drug-likeness (QED) is 0.434. The third-order valence-electron chi connectivity index (χ3n) is 10.7. The number of nitrogens with zero attached hydrogens (tertiary/aromatic N) is 4. The largest absolute Gasteiger partial charge is 0.461 e. The molecule has 1 N–H and O–H groups in total. The molecule has 41 heavy (non-hydrogen) atoms. The SMILES string of the molecule is C#Cc1c(F)ccc2cccc(N3CCc4c(nc(OCC56CCCN5CCC6)nc4[C@H]4C[C@H]5CC[C@@H](C4)N5)C3)c12. The van der Waals surface area contributed by atoms with Crippen LogP contribution >= 0.6 is 0 Å². The first-order valence-corrected chi connectivity index (χ1v) is 15.6. The van der Waals surface area contributed by atoms with Crippen LogP contribution in [-0.2, 0) is 13.0 Å². The molecular weight excluding hydrogens is 513 g/mol. The maximum absolute atomic E-state index is 14.8. The number of ether oxygens (including phenoxy) is 1. The summed E-state index contributed by atoms with van der Waals surface area (Å²) in [4.78, 5) is 15.2. The number of hydrogen-bond acceptors (Lipinski definition) is 6. The van der Waals surface area contributed by atoms with Crippen LogP contribution in [-0.4, -0.2) is 58.7 Å². The van der Waals surface area contributed by atoms with Crippen LogP contribution in [0.4, 0.5) is 10.1 Å². The highest BCUT2D eigenvalue weighted by Crippen LogP contribution is 2.42. The fourth-order valence-electron chi connectivity index (χ4n) is 8.72. The van der Waals surface area contributed by atoms with Crippen molar-refractivity contribution in [3.8, 4) is 18.4 Å². The molecule has 3 aromatic rings. The van der Waals surface area contributed by atoms with E-state index in [1.165, 1.54) is 68.9 Å². The van der Waals surface area contributed by atoms with Crippen molar-refractivity contribution in [1.82, 2.24) is 20.2 Å². The van der Waals surface area contributed by atoms with E-state index in [-0.39, 0.29) is 11.4 Å². The fourth-order valence-corrected chi connectivity index (χ4v) is 8.72. The van der Waals surface area contributed by atoms with Crippen molar-refractivity contribution in [2.24, 2.45) is 0 Å². The number of aromatic nitrogens is 2. The van der Waals surface area contributed by atoms with Crippen molar-refractivity contribution in [2.45, 2.75) is 87.9 Å². The Morgan fingerprint density at radius 1 is 1.05 bits per heavy atom. The van der Waals surface area contributed by atoms with E-state index in [1.807, 2.05) is 18.2 Å². The minimum Gasteiger partial charge on any atom is -0.461 e. The predicted octanol–water partition coefficient (Wildman–Crippen LogP) is 5.32. The summed E-state index contributed by atoms with van der Waals surface area (Å²) in [6.45, 7) is 4.48. The van der Waals surface area contributed by atoms with E-state index in [4.69, 9.17) is 21.1 Å². The third-order valence-corrected chi connectivity index (χ3v) is 10.7. The van der Waals surface area contributed by atoms with Gasteiger partial charge in [0.1, 0.15) is 12.4 Å². The normalized spacial score (nSPS) is 26.6. The van der Waals surface area contributed by atoms with Gasteiger partial charge in [0.15, 0.2) is 0 Å². The molecule has 5 aliphatic rings. The van der Waals surface area contributed by atoms with Gasteiger partial charge in [0, 0.05) is 35.6 Å². The lowest BCUT2D eigenvalue weighted by molar-refractivity contribution is 0.107. The summed E-state index contributed by atoms with van der Waals surface area (Å²) in [6.07, 6.45) is 16.4. The average molecular weight is 552 g/mol. The molecule has 0 amide bonds. The Kier molecular flexibility index (Phi) is 6.19. The van der Waals surface area contributed by atoms with Crippen LogP contribution in [0.1, 0.15) is 79.8 Å². The monoisotopic (exact) mass is 551 g/mol. The van der Waals surface area contributed by atoms with Gasteiger partial charge < -0.3 is 15.0 Å². The van der Waals surface area contributed by atoms with Crippen molar-refractivity contribution >= 4 is 16.5 Å². The van der Waals surface area contributed by atoms with E-state index in [2.05, 4.69) is 27.1 Å². The molecule has 8 rings (SSSR count). The van der Waals surface area contributed by atoms with E-state index in [1.54, 1.807) is 0 Å². The van der Waals surface area contributed by atoms with Gasteiger partial charge >= 0.3 is 6.01 Å². The smallest absolute Gasteiger partial charge is 0.316 e. The third kappa shape index (κ3) is 4.30. The van der Waals surface area contributed by atoms with Gasteiger partial charge in [0.2, 0.25) is 0 Å². The van der Waals surface area contributed by atoms with Gasteiger partial charge in [-0.3, -0.25) is 4.90 Å². The van der Waals surface area contributed by atoms with Gasteiger partial charge in [0.25, 0.3) is 0 Å². The van der Waals surface area contributed by atoms with Crippen LogP contribution in [0.5, 0.6) is 6.01 Å². The van der Waals surface area contributed by atoms with E-state index in [9.17, 15) is 4.39 Å². The van der Waals surface area contributed by atoms with Crippen LogP contribution < -0.4 is 15.0 Å². The molecule has 1 aromatic heterocycles. The molecule has 6 nitrogen and oxygen atoms in total. The van der Waals surface area contributed by atoms with Gasteiger partial charge in [-0.1, -0.05) is 24.1 Å². The van der Waals surface area contributed by atoms with Crippen molar-refractivity contribution < 1.29 is 9.13 Å². The number of rotatable bonds is 5. The summed E-state index contributed by atoms with van der Waals surface area (Å²) >= 11 is 0. The number of piperidine rings is 1. The Balaban J connectivity index is 1.16. The minimum atomic E-state index is -0.349. The van der Waals surface area contributed by atoms with Gasteiger partial charge in [-0.15, -0.1) is 6.42 Å². The van der Waals surface area contributed by atoms with Crippen molar-refractivity contribution in [3.63, 3.8) is 0 Å². The predicted molar refractivity (Wildman–Crippen MR) is 159 cm³/mol. The first kappa shape index (κ1) is 25.5. The highest BCUT2D eigenvalue weighted by atomic mass is 19.1. The van der Waals surface area contributed by atoms with Crippen LogP contribution in [0.2, 0.25) is 0 Å². The molecule has 0 aliphatic carbocycles. The van der Waals surface area contributed by atoms with Crippen molar-refractivity contribution in [2.75, 3.05) is 31.1 Å². The van der Waals surface area contributed by atoms with Crippen LogP contribution in [0.3, 0.4) is 0 Å². The zero-order valence-electron chi connectivity index (χ0n) is 23.7. The summed E-state index contributed by atoms with van der Waals surface area (Å²) in [6, 6.07) is 11.1. The molecule has 0 radical (unpaired) electrons. The maximum Gasteiger partial charge on any atom is 0.316 e. The molecule has 7 heteroatoms. The van der Waals surface area contributed by atoms with Gasteiger partial charge in [-0.05, 0) is 94.0 Å². The Morgan fingerprint density at radius 2 is 1.85 bits per heavy atom. The summed E-state index contributed by atoms with van der Waals surface area (Å²) in [5, 5.41) is 5.56. The first-order valence-electron chi connectivity index (χ1n) is 15.6. The zero-order chi connectivity index (χ0) is 27.6. The molecule has 6 heterocycles.